The average molecular weight is 471 g/mol. The highest BCUT2D eigenvalue weighted by molar-refractivity contribution is 7.89. The minimum absolute atomic E-state index is 0.161. The largest absolute Gasteiger partial charge is 0.369 e. The van der Waals surface area contributed by atoms with Gasteiger partial charge in [-0.1, -0.05) is 24.6 Å². The highest BCUT2D eigenvalue weighted by Crippen LogP contribution is 2.21. The number of hydrogen-bond acceptors (Lipinski definition) is 5. The molecule has 178 valence electrons. The van der Waals surface area contributed by atoms with E-state index in [1.165, 1.54) is 5.69 Å². The molecule has 0 aromatic heterocycles. The van der Waals surface area contributed by atoms with Gasteiger partial charge in [-0.25, -0.2) is 8.42 Å². The monoisotopic (exact) mass is 470 g/mol. The van der Waals surface area contributed by atoms with Crippen molar-refractivity contribution in [3.63, 3.8) is 0 Å². The average Bonchev–Trinajstić information content (AvgIpc) is 2.88. The molecule has 2 aliphatic heterocycles. The Labute approximate surface area is 197 Å². The zero-order valence-corrected chi connectivity index (χ0v) is 20.0. The van der Waals surface area contributed by atoms with Crippen molar-refractivity contribution in [2.24, 2.45) is 0 Å². The minimum Gasteiger partial charge on any atom is -0.369 e. The molecule has 0 bridgehead atoms. The van der Waals surface area contributed by atoms with E-state index < -0.39 is 10.0 Å². The number of benzene rings is 2. The van der Waals surface area contributed by atoms with E-state index in [0.717, 1.165) is 58.4 Å². The van der Waals surface area contributed by atoms with Crippen LogP contribution in [0.4, 0.5) is 5.69 Å². The summed E-state index contributed by atoms with van der Waals surface area (Å²) in [6, 6.07) is 16.8. The summed E-state index contributed by atoms with van der Waals surface area (Å²) in [7, 11) is -3.47. The zero-order chi connectivity index (χ0) is 23.1. The number of para-hydroxylation sites is 1. The van der Waals surface area contributed by atoms with Crippen LogP contribution in [0.15, 0.2) is 59.5 Å². The second-order valence-electron chi connectivity index (χ2n) is 8.76. The Kier molecular flexibility index (Phi) is 8.01. The Bertz CT molecular complexity index is 998. The van der Waals surface area contributed by atoms with Crippen molar-refractivity contribution in [2.45, 2.75) is 30.6 Å². The highest BCUT2D eigenvalue weighted by Gasteiger charge is 2.26. The van der Waals surface area contributed by atoms with Crippen LogP contribution in [0.25, 0.3) is 0 Å². The van der Waals surface area contributed by atoms with Gasteiger partial charge in [0, 0.05) is 57.1 Å². The number of rotatable bonds is 8. The van der Waals surface area contributed by atoms with Crippen LogP contribution in [-0.2, 0) is 10.0 Å². The van der Waals surface area contributed by atoms with Gasteiger partial charge in [-0.15, -0.1) is 0 Å². The fraction of sp³-hybridized carbons (Fsp3) is 0.480. The van der Waals surface area contributed by atoms with Gasteiger partial charge in [-0.05, 0) is 62.2 Å². The Hall–Kier alpha value is -2.42. The molecular weight excluding hydrogens is 436 g/mol. The van der Waals surface area contributed by atoms with E-state index in [-0.39, 0.29) is 10.8 Å². The second-order valence-corrected chi connectivity index (χ2v) is 10.7. The minimum atomic E-state index is -3.47. The molecule has 1 N–H and O–H groups in total. The molecule has 0 spiro atoms. The third-order valence-electron chi connectivity index (χ3n) is 6.50. The van der Waals surface area contributed by atoms with Crippen LogP contribution in [0.2, 0.25) is 0 Å². The lowest BCUT2D eigenvalue weighted by Crippen LogP contribution is -2.47. The van der Waals surface area contributed by atoms with Gasteiger partial charge in [0.2, 0.25) is 10.0 Å². The lowest BCUT2D eigenvalue weighted by Gasteiger charge is -2.36. The van der Waals surface area contributed by atoms with Crippen molar-refractivity contribution in [1.29, 1.82) is 0 Å². The molecule has 0 unspecified atom stereocenters. The third-order valence-corrected chi connectivity index (χ3v) is 8.41. The molecule has 2 aromatic rings. The van der Waals surface area contributed by atoms with Crippen molar-refractivity contribution < 1.29 is 13.2 Å². The van der Waals surface area contributed by atoms with Crippen LogP contribution < -0.4 is 10.2 Å². The molecule has 0 atom stereocenters. The van der Waals surface area contributed by atoms with Gasteiger partial charge in [0.25, 0.3) is 5.91 Å². The van der Waals surface area contributed by atoms with Crippen molar-refractivity contribution in [2.75, 3.05) is 57.3 Å². The molecule has 0 radical (unpaired) electrons. The highest BCUT2D eigenvalue weighted by atomic mass is 32.2. The topological polar surface area (TPSA) is 73.0 Å². The maximum Gasteiger partial charge on any atom is 0.251 e. The van der Waals surface area contributed by atoms with Crippen molar-refractivity contribution >= 4 is 21.6 Å². The predicted octanol–water partition coefficient (Wildman–Crippen LogP) is 2.80. The van der Waals surface area contributed by atoms with E-state index in [0.29, 0.717) is 25.2 Å². The first kappa shape index (κ1) is 23.7. The quantitative estimate of drug-likeness (QED) is 0.601. The second kappa shape index (κ2) is 11.1. The molecular formula is C25H34N4O3S. The van der Waals surface area contributed by atoms with E-state index in [9.17, 15) is 13.2 Å². The summed E-state index contributed by atoms with van der Waals surface area (Å²) in [6.07, 6.45) is 3.78. The normalized spacial score (nSPS) is 18.2. The molecule has 7 nitrogen and oxygen atoms in total. The summed E-state index contributed by atoms with van der Waals surface area (Å²) in [6.45, 7) is 6.79. The van der Waals surface area contributed by atoms with Crippen molar-refractivity contribution in [3.8, 4) is 0 Å². The van der Waals surface area contributed by atoms with E-state index in [1.54, 1.807) is 28.6 Å². The molecule has 2 saturated heterocycles. The smallest absolute Gasteiger partial charge is 0.251 e. The SMILES string of the molecule is O=C(NCCCN1CCN(c2ccccc2)CC1)c1ccc(S(=O)(=O)N2CCCCC2)cc1. The van der Waals surface area contributed by atoms with Crippen molar-refractivity contribution in [3.05, 3.63) is 60.2 Å². The first-order chi connectivity index (χ1) is 16.0. The van der Waals surface area contributed by atoms with E-state index in [2.05, 4.69) is 39.4 Å². The van der Waals surface area contributed by atoms with E-state index in [1.807, 2.05) is 6.07 Å². The number of sulfonamides is 1. The first-order valence-electron chi connectivity index (χ1n) is 11.9. The maximum atomic E-state index is 12.7. The molecule has 2 aliphatic rings. The molecule has 8 heteroatoms. The molecule has 0 aliphatic carbocycles. The summed E-state index contributed by atoms with van der Waals surface area (Å²) in [5, 5.41) is 2.96. The van der Waals surface area contributed by atoms with Crippen molar-refractivity contribution in [1.82, 2.24) is 14.5 Å². The number of hydrogen-bond donors (Lipinski definition) is 1. The molecule has 2 aromatic carbocycles. The summed E-state index contributed by atoms with van der Waals surface area (Å²) in [5.41, 5.74) is 1.77. The first-order valence-corrected chi connectivity index (χ1v) is 13.4. The number of piperazine rings is 1. The molecule has 1 amide bonds. The van der Waals surface area contributed by atoms with Crippen LogP contribution in [0.3, 0.4) is 0 Å². The van der Waals surface area contributed by atoms with Crippen LogP contribution >= 0.6 is 0 Å². The van der Waals surface area contributed by atoms with Crippen LogP contribution in [0, 0.1) is 0 Å². The summed E-state index contributed by atoms with van der Waals surface area (Å²) >= 11 is 0. The maximum absolute atomic E-state index is 12.7. The molecule has 2 fully saturated rings. The number of carbonyl (C=O) groups is 1. The number of amides is 1. The van der Waals surface area contributed by atoms with Crippen LogP contribution in [0.5, 0.6) is 0 Å². The van der Waals surface area contributed by atoms with Gasteiger partial charge in [-0.2, -0.15) is 4.31 Å². The lowest BCUT2D eigenvalue weighted by molar-refractivity contribution is 0.0951. The fourth-order valence-electron chi connectivity index (χ4n) is 4.51. The predicted molar refractivity (Wildman–Crippen MR) is 131 cm³/mol. The van der Waals surface area contributed by atoms with Gasteiger partial charge in [0.05, 0.1) is 4.90 Å². The van der Waals surface area contributed by atoms with Crippen LogP contribution in [0.1, 0.15) is 36.0 Å². The summed E-state index contributed by atoms with van der Waals surface area (Å²) in [5.74, 6) is -0.161. The van der Waals surface area contributed by atoms with E-state index >= 15 is 0 Å². The Morgan fingerprint density at radius 3 is 2.15 bits per heavy atom. The number of nitrogens with zero attached hydrogens (tertiary/aromatic N) is 3. The summed E-state index contributed by atoms with van der Waals surface area (Å²) in [4.78, 5) is 17.6. The van der Waals surface area contributed by atoms with Gasteiger partial charge >= 0.3 is 0 Å². The third kappa shape index (κ3) is 6.13. The molecule has 33 heavy (non-hydrogen) atoms. The Morgan fingerprint density at radius 2 is 1.48 bits per heavy atom. The van der Waals surface area contributed by atoms with Gasteiger partial charge < -0.3 is 10.2 Å². The number of carbonyl (C=O) groups excluding carboxylic acids is 1. The summed E-state index contributed by atoms with van der Waals surface area (Å²) < 4.78 is 27.0. The molecule has 0 saturated carbocycles. The van der Waals surface area contributed by atoms with Gasteiger partial charge in [-0.3, -0.25) is 9.69 Å². The number of piperidine rings is 1. The van der Waals surface area contributed by atoms with Crippen LogP contribution in [-0.4, -0.2) is 75.9 Å². The Morgan fingerprint density at radius 1 is 0.818 bits per heavy atom. The number of anilines is 1. The van der Waals surface area contributed by atoms with Gasteiger partial charge in [0.1, 0.15) is 0 Å². The standard InChI is InChI=1S/C25H34N4O3S/c30-25(22-10-12-24(13-11-22)33(31,32)29-16-5-2-6-17-29)26-14-7-15-27-18-20-28(21-19-27)23-8-3-1-4-9-23/h1,3-4,8-13H,2,5-7,14-21H2,(H,26,30). The zero-order valence-electron chi connectivity index (χ0n) is 19.2. The lowest BCUT2D eigenvalue weighted by atomic mass is 10.2. The molecule has 2 heterocycles. The van der Waals surface area contributed by atoms with Gasteiger partial charge in [0.15, 0.2) is 0 Å². The van der Waals surface area contributed by atoms with E-state index in [4.69, 9.17) is 0 Å². The number of nitrogens with one attached hydrogen (secondary N) is 1. The Balaban J connectivity index is 1.18. The fourth-order valence-corrected chi connectivity index (χ4v) is 6.02. The molecule has 4 rings (SSSR count).